The second-order valence-electron chi connectivity index (χ2n) is 4.68. The van der Waals surface area contributed by atoms with Gasteiger partial charge in [0.25, 0.3) is 0 Å². The van der Waals surface area contributed by atoms with Crippen LogP contribution in [0.4, 0.5) is 0 Å². The van der Waals surface area contributed by atoms with Crippen LogP contribution >= 0.6 is 11.6 Å². The van der Waals surface area contributed by atoms with Gasteiger partial charge in [-0.2, -0.15) is 10.2 Å². The molecule has 6 heteroatoms. The lowest BCUT2D eigenvalue weighted by molar-refractivity contribution is 0.560. The van der Waals surface area contributed by atoms with Gasteiger partial charge < -0.3 is 5.32 Å². The molecule has 2 heterocycles. The van der Waals surface area contributed by atoms with Gasteiger partial charge in [-0.25, -0.2) is 0 Å². The molecule has 0 bridgehead atoms. The summed E-state index contributed by atoms with van der Waals surface area (Å²) in [5.41, 5.74) is 3.17. The molecule has 1 unspecified atom stereocenters. The Balaban J connectivity index is 2.26. The standard InChI is InChI=1S/C13H20ClN5/c1-5-10-13(14)12(19(4)17-10)6-11(15-2)9-7-16-18(3)8-9/h7-8,11,15H,5-6H2,1-4H3. The molecule has 0 spiro atoms. The van der Waals surface area contributed by atoms with Crippen molar-refractivity contribution in [1.82, 2.24) is 24.9 Å². The van der Waals surface area contributed by atoms with Gasteiger partial charge in [-0.05, 0) is 13.5 Å². The van der Waals surface area contributed by atoms with Crippen molar-refractivity contribution in [2.45, 2.75) is 25.8 Å². The molecule has 0 saturated heterocycles. The Morgan fingerprint density at radius 1 is 1.42 bits per heavy atom. The van der Waals surface area contributed by atoms with Gasteiger partial charge in [-0.15, -0.1) is 0 Å². The number of rotatable bonds is 5. The van der Waals surface area contributed by atoms with Crippen LogP contribution in [0.15, 0.2) is 12.4 Å². The maximum Gasteiger partial charge on any atom is 0.0850 e. The predicted molar refractivity (Wildman–Crippen MR) is 76.3 cm³/mol. The van der Waals surface area contributed by atoms with E-state index in [1.165, 1.54) is 0 Å². The van der Waals surface area contributed by atoms with Gasteiger partial charge in [0.2, 0.25) is 0 Å². The zero-order chi connectivity index (χ0) is 14.0. The summed E-state index contributed by atoms with van der Waals surface area (Å²) in [6.45, 7) is 2.06. The van der Waals surface area contributed by atoms with E-state index in [0.717, 1.165) is 34.8 Å². The summed E-state index contributed by atoms with van der Waals surface area (Å²) in [4.78, 5) is 0. The molecule has 0 aliphatic carbocycles. The highest BCUT2D eigenvalue weighted by atomic mass is 35.5. The van der Waals surface area contributed by atoms with Crippen LogP contribution in [0.25, 0.3) is 0 Å². The van der Waals surface area contributed by atoms with Crippen molar-refractivity contribution >= 4 is 11.6 Å². The van der Waals surface area contributed by atoms with Gasteiger partial charge in [-0.3, -0.25) is 9.36 Å². The topological polar surface area (TPSA) is 47.7 Å². The third-order valence-electron chi connectivity index (χ3n) is 3.38. The van der Waals surface area contributed by atoms with Crippen LogP contribution in [0, 0.1) is 0 Å². The summed E-state index contributed by atoms with van der Waals surface area (Å²) < 4.78 is 3.68. The average Bonchev–Trinajstić information content (AvgIpc) is 2.92. The maximum absolute atomic E-state index is 6.39. The summed E-state index contributed by atoms with van der Waals surface area (Å²) in [5, 5.41) is 12.8. The number of aromatic nitrogens is 4. The van der Waals surface area contributed by atoms with Gasteiger partial charge in [-0.1, -0.05) is 18.5 Å². The Labute approximate surface area is 118 Å². The molecule has 19 heavy (non-hydrogen) atoms. The van der Waals surface area contributed by atoms with Crippen LogP contribution in [0.2, 0.25) is 5.02 Å². The lowest BCUT2D eigenvalue weighted by Gasteiger charge is -2.14. The average molecular weight is 282 g/mol. The first-order valence-electron chi connectivity index (χ1n) is 6.42. The van der Waals surface area contributed by atoms with Gasteiger partial charge in [0.1, 0.15) is 0 Å². The third kappa shape index (κ3) is 2.82. The molecule has 0 aliphatic rings. The third-order valence-corrected chi connectivity index (χ3v) is 3.81. The Morgan fingerprint density at radius 3 is 2.63 bits per heavy atom. The predicted octanol–water partition coefficient (Wildman–Crippen LogP) is 1.87. The van der Waals surface area contributed by atoms with E-state index < -0.39 is 0 Å². The normalized spacial score (nSPS) is 12.9. The van der Waals surface area contributed by atoms with E-state index in [4.69, 9.17) is 11.6 Å². The van der Waals surface area contributed by atoms with Crippen molar-refractivity contribution in [3.63, 3.8) is 0 Å². The van der Waals surface area contributed by atoms with Crippen LogP contribution < -0.4 is 5.32 Å². The number of hydrogen-bond acceptors (Lipinski definition) is 3. The van der Waals surface area contributed by atoms with E-state index in [-0.39, 0.29) is 6.04 Å². The maximum atomic E-state index is 6.39. The molecular weight excluding hydrogens is 262 g/mol. The van der Waals surface area contributed by atoms with Crippen molar-refractivity contribution in [3.8, 4) is 0 Å². The number of hydrogen-bond donors (Lipinski definition) is 1. The molecule has 5 nitrogen and oxygen atoms in total. The number of likely N-dealkylation sites (N-methyl/N-ethyl adjacent to an activating group) is 1. The highest BCUT2D eigenvalue weighted by Gasteiger charge is 2.19. The fraction of sp³-hybridized carbons (Fsp3) is 0.538. The molecule has 0 fully saturated rings. The molecule has 2 rings (SSSR count). The van der Waals surface area contributed by atoms with E-state index in [9.17, 15) is 0 Å². The SMILES string of the molecule is CCc1nn(C)c(CC(NC)c2cnn(C)c2)c1Cl. The Bertz CT molecular complexity index is 557. The molecule has 1 N–H and O–H groups in total. The minimum Gasteiger partial charge on any atom is -0.313 e. The summed E-state index contributed by atoms with van der Waals surface area (Å²) in [5.74, 6) is 0. The summed E-state index contributed by atoms with van der Waals surface area (Å²) >= 11 is 6.39. The highest BCUT2D eigenvalue weighted by Crippen LogP contribution is 2.26. The molecule has 0 aromatic carbocycles. The second kappa shape index (κ2) is 5.75. The van der Waals surface area contributed by atoms with Crippen molar-refractivity contribution in [3.05, 3.63) is 34.4 Å². The molecule has 2 aromatic heterocycles. The minimum atomic E-state index is 0.186. The quantitative estimate of drug-likeness (QED) is 0.910. The monoisotopic (exact) mass is 281 g/mol. The van der Waals surface area contributed by atoms with Crippen molar-refractivity contribution in [2.75, 3.05) is 7.05 Å². The molecular formula is C13H20ClN5. The number of nitrogens with zero attached hydrogens (tertiary/aromatic N) is 4. The zero-order valence-corrected chi connectivity index (χ0v) is 12.6. The molecule has 0 radical (unpaired) electrons. The smallest absolute Gasteiger partial charge is 0.0850 e. The molecule has 0 aliphatic heterocycles. The van der Waals surface area contributed by atoms with Crippen LogP contribution in [0.3, 0.4) is 0 Å². The van der Waals surface area contributed by atoms with Crippen LogP contribution in [-0.2, 0) is 26.9 Å². The van der Waals surface area contributed by atoms with E-state index in [2.05, 4.69) is 22.4 Å². The molecule has 0 amide bonds. The van der Waals surface area contributed by atoms with Gasteiger partial charge in [0, 0.05) is 38.3 Å². The summed E-state index contributed by atoms with van der Waals surface area (Å²) in [6, 6.07) is 0.186. The van der Waals surface area contributed by atoms with E-state index >= 15 is 0 Å². The highest BCUT2D eigenvalue weighted by molar-refractivity contribution is 6.31. The van der Waals surface area contributed by atoms with Gasteiger partial charge in [0.05, 0.1) is 22.6 Å². The molecule has 1 atom stereocenters. The molecule has 104 valence electrons. The molecule has 0 saturated carbocycles. The van der Waals surface area contributed by atoms with Crippen LogP contribution in [0.1, 0.15) is 29.9 Å². The minimum absolute atomic E-state index is 0.186. The van der Waals surface area contributed by atoms with Crippen molar-refractivity contribution < 1.29 is 0 Å². The largest absolute Gasteiger partial charge is 0.313 e. The summed E-state index contributed by atoms with van der Waals surface area (Å²) in [6.07, 6.45) is 5.55. The number of aryl methyl sites for hydroxylation is 3. The Hall–Kier alpha value is -1.33. The van der Waals surface area contributed by atoms with Crippen molar-refractivity contribution in [2.24, 2.45) is 14.1 Å². The Kier molecular flexibility index (Phi) is 4.27. The van der Waals surface area contributed by atoms with Crippen molar-refractivity contribution in [1.29, 1.82) is 0 Å². The first-order valence-corrected chi connectivity index (χ1v) is 6.80. The van der Waals surface area contributed by atoms with E-state index in [0.29, 0.717) is 0 Å². The fourth-order valence-electron chi connectivity index (χ4n) is 2.24. The van der Waals surface area contributed by atoms with Gasteiger partial charge >= 0.3 is 0 Å². The van der Waals surface area contributed by atoms with E-state index in [1.54, 1.807) is 0 Å². The lowest BCUT2D eigenvalue weighted by atomic mass is 10.1. The van der Waals surface area contributed by atoms with Crippen LogP contribution in [-0.4, -0.2) is 26.6 Å². The van der Waals surface area contributed by atoms with Crippen LogP contribution in [0.5, 0.6) is 0 Å². The first-order chi connectivity index (χ1) is 9.06. The fourth-order valence-corrected chi connectivity index (χ4v) is 2.61. The lowest BCUT2D eigenvalue weighted by Crippen LogP contribution is -2.20. The summed E-state index contributed by atoms with van der Waals surface area (Å²) in [7, 11) is 5.81. The zero-order valence-electron chi connectivity index (χ0n) is 11.8. The second-order valence-corrected chi connectivity index (χ2v) is 5.06. The number of halogens is 1. The first kappa shape index (κ1) is 14.1. The van der Waals surface area contributed by atoms with E-state index in [1.807, 2.05) is 42.9 Å². The van der Waals surface area contributed by atoms with Gasteiger partial charge in [0.15, 0.2) is 0 Å². The number of nitrogens with one attached hydrogen (secondary N) is 1. The Morgan fingerprint density at radius 2 is 2.16 bits per heavy atom. The molecule has 2 aromatic rings.